The van der Waals surface area contributed by atoms with Crippen LogP contribution in [-0.4, -0.2) is 84.8 Å². The molecule has 2 bridgehead atoms. The number of nitrogens with one attached hydrogen (secondary N) is 1. The zero-order valence-electron chi connectivity index (χ0n) is 21.4. The molecule has 40 heavy (non-hydrogen) atoms. The lowest BCUT2D eigenvalue weighted by atomic mass is 10.1. The van der Waals surface area contributed by atoms with E-state index in [-0.39, 0.29) is 45.7 Å². The molecular formula is C26H25ClF2N8O3. The topological polar surface area (TPSA) is 110 Å². The number of anilines is 1. The van der Waals surface area contributed by atoms with Gasteiger partial charge < -0.3 is 15.0 Å². The molecule has 4 aromatic rings. The Kier molecular flexibility index (Phi) is 6.84. The number of ether oxygens (including phenoxy) is 1. The average molecular weight is 571 g/mol. The maximum Gasteiger partial charge on any atom is 0.387 e. The van der Waals surface area contributed by atoms with Gasteiger partial charge in [-0.05, 0) is 44.2 Å². The second-order valence-corrected chi connectivity index (χ2v) is 10.3. The third-order valence-electron chi connectivity index (χ3n) is 7.44. The summed E-state index contributed by atoms with van der Waals surface area (Å²) in [6.45, 7) is -1.94. The van der Waals surface area contributed by atoms with E-state index in [1.54, 1.807) is 12.3 Å². The van der Waals surface area contributed by atoms with Crippen LogP contribution in [0.4, 0.5) is 14.5 Å². The largest absolute Gasteiger partial charge is 0.434 e. The summed E-state index contributed by atoms with van der Waals surface area (Å²) < 4.78 is 34.0. The van der Waals surface area contributed by atoms with Gasteiger partial charge >= 0.3 is 6.61 Å². The second-order valence-electron chi connectivity index (χ2n) is 9.86. The van der Waals surface area contributed by atoms with Gasteiger partial charge in [-0.1, -0.05) is 11.6 Å². The maximum absolute atomic E-state index is 13.3. The van der Waals surface area contributed by atoms with Gasteiger partial charge in [0.05, 0.1) is 11.9 Å². The van der Waals surface area contributed by atoms with E-state index in [9.17, 15) is 18.4 Å². The number of fused-ring (bicyclic) bond motifs is 3. The average Bonchev–Trinajstić information content (AvgIpc) is 3.57. The van der Waals surface area contributed by atoms with E-state index < -0.39 is 12.5 Å². The van der Waals surface area contributed by atoms with Crippen molar-refractivity contribution < 1.29 is 23.1 Å². The summed E-state index contributed by atoms with van der Waals surface area (Å²) in [5.74, 6) is -0.853. The quantitative estimate of drug-likeness (QED) is 0.363. The highest BCUT2D eigenvalue weighted by molar-refractivity contribution is 6.31. The van der Waals surface area contributed by atoms with Crippen molar-refractivity contribution in [2.45, 2.75) is 38.1 Å². The SMILES string of the molecule is CN1C2CCC1CN(C(=O)Cn1cc(NC(=O)c3cnn4cccnc34)c(-c3cc(Cl)ccc3OC(F)F)n1)C2. The molecule has 11 nitrogen and oxygen atoms in total. The highest BCUT2D eigenvalue weighted by Gasteiger charge is 2.39. The number of carbonyl (C=O) groups excluding carboxylic acids is 2. The number of hydrogen-bond acceptors (Lipinski definition) is 7. The van der Waals surface area contributed by atoms with Crippen LogP contribution in [0.1, 0.15) is 23.2 Å². The summed E-state index contributed by atoms with van der Waals surface area (Å²) in [7, 11) is 2.09. The molecule has 2 atom stereocenters. The third kappa shape index (κ3) is 4.97. The van der Waals surface area contributed by atoms with Crippen LogP contribution in [0.2, 0.25) is 5.02 Å². The molecule has 1 aromatic carbocycles. The fourth-order valence-electron chi connectivity index (χ4n) is 5.41. The summed E-state index contributed by atoms with van der Waals surface area (Å²) in [5, 5.41) is 11.7. The van der Waals surface area contributed by atoms with E-state index in [4.69, 9.17) is 16.3 Å². The van der Waals surface area contributed by atoms with Crippen LogP contribution < -0.4 is 10.1 Å². The highest BCUT2D eigenvalue weighted by atomic mass is 35.5. The molecule has 0 radical (unpaired) electrons. The van der Waals surface area contributed by atoms with E-state index in [0.29, 0.717) is 30.8 Å². The Morgan fingerprint density at radius 2 is 2.00 bits per heavy atom. The summed E-state index contributed by atoms with van der Waals surface area (Å²) in [6, 6.07) is 6.45. The van der Waals surface area contributed by atoms with Crippen LogP contribution in [0.25, 0.3) is 16.9 Å². The molecule has 14 heteroatoms. The van der Waals surface area contributed by atoms with Gasteiger partial charge in [0.15, 0.2) is 5.65 Å². The second kappa shape index (κ2) is 10.5. The standard InChI is InChI=1S/C26H25ClF2N8O3/c1-34-16-4-5-17(34)12-35(11-16)22(38)14-36-13-20(32-25(39)19-10-31-37-8-2-7-30-24(19)37)23(33-36)18-9-15(27)3-6-21(18)40-26(28)29/h2-3,6-10,13,16-17,26H,4-5,11-12,14H2,1H3,(H,32,39). The zero-order chi connectivity index (χ0) is 28.0. The highest BCUT2D eigenvalue weighted by Crippen LogP contribution is 2.37. The molecule has 2 aliphatic heterocycles. The molecule has 5 heterocycles. The molecule has 0 spiro atoms. The van der Waals surface area contributed by atoms with Gasteiger partial charge in [0.1, 0.15) is 23.6 Å². The molecular weight excluding hydrogens is 546 g/mol. The van der Waals surface area contributed by atoms with Gasteiger partial charge in [0.25, 0.3) is 5.91 Å². The van der Waals surface area contributed by atoms with Crippen LogP contribution >= 0.6 is 11.6 Å². The number of carbonyl (C=O) groups is 2. The smallest absolute Gasteiger partial charge is 0.387 e. The predicted octanol–water partition coefficient (Wildman–Crippen LogP) is 3.40. The Labute approximate surface area is 232 Å². The molecule has 208 valence electrons. The first-order valence-corrected chi connectivity index (χ1v) is 13.1. The first-order valence-electron chi connectivity index (χ1n) is 12.7. The summed E-state index contributed by atoms with van der Waals surface area (Å²) in [5.41, 5.74) is 0.941. The minimum absolute atomic E-state index is 0.101. The van der Waals surface area contributed by atoms with E-state index in [2.05, 4.69) is 32.4 Å². The van der Waals surface area contributed by atoms with Crippen molar-refractivity contribution in [3.63, 3.8) is 0 Å². The van der Waals surface area contributed by atoms with Crippen molar-refractivity contribution in [3.05, 3.63) is 59.6 Å². The number of alkyl halides is 2. The fourth-order valence-corrected chi connectivity index (χ4v) is 5.58. The van der Waals surface area contributed by atoms with Crippen LogP contribution in [0, 0.1) is 0 Å². The minimum atomic E-state index is -3.10. The van der Waals surface area contributed by atoms with Gasteiger partial charge in [-0.2, -0.15) is 19.0 Å². The number of benzene rings is 1. The molecule has 3 aromatic heterocycles. The number of rotatable bonds is 7. The lowest BCUT2D eigenvalue weighted by Gasteiger charge is -2.38. The van der Waals surface area contributed by atoms with Gasteiger partial charge in [-0.15, -0.1) is 0 Å². The summed E-state index contributed by atoms with van der Waals surface area (Å²) >= 11 is 6.20. The van der Waals surface area contributed by atoms with E-state index in [0.717, 1.165) is 12.8 Å². The lowest BCUT2D eigenvalue weighted by Crippen LogP contribution is -2.54. The number of piperazine rings is 1. The molecule has 2 aliphatic rings. The first-order chi connectivity index (χ1) is 19.3. The zero-order valence-corrected chi connectivity index (χ0v) is 22.1. The summed E-state index contributed by atoms with van der Waals surface area (Å²) in [4.78, 5) is 34.9. The number of aromatic nitrogens is 5. The lowest BCUT2D eigenvalue weighted by molar-refractivity contribution is -0.135. The summed E-state index contributed by atoms with van der Waals surface area (Å²) in [6.07, 6.45) is 8.14. The number of nitrogens with zero attached hydrogens (tertiary/aromatic N) is 7. The van der Waals surface area contributed by atoms with Crippen molar-refractivity contribution in [2.75, 3.05) is 25.5 Å². The Hall–Kier alpha value is -4.10. The Balaban J connectivity index is 1.33. The number of hydrogen-bond donors (Lipinski definition) is 1. The van der Waals surface area contributed by atoms with Gasteiger partial charge in [-0.3, -0.25) is 19.2 Å². The molecule has 0 aliphatic carbocycles. The third-order valence-corrected chi connectivity index (χ3v) is 7.68. The van der Waals surface area contributed by atoms with Gasteiger partial charge in [-0.25, -0.2) is 9.50 Å². The fraction of sp³-hybridized carbons (Fsp3) is 0.346. The van der Waals surface area contributed by atoms with Crippen LogP contribution in [0.5, 0.6) is 5.75 Å². The number of likely N-dealkylation sites (N-methyl/N-ethyl adjacent to an activating group) is 1. The Bertz CT molecular complexity index is 1580. The van der Waals surface area contributed by atoms with Crippen molar-refractivity contribution in [3.8, 4) is 17.0 Å². The van der Waals surface area contributed by atoms with E-state index in [1.165, 1.54) is 46.0 Å². The molecule has 1 N–H and O–H groups in total. The van der Waals surface area contributed by atoms with Gasteiger partial charge in [0, 0.05) is 54.3 Å². The van der Waals surface area contributed by atoms with E-state index in [1.807, 2.05) is 4.90 Å². The van der Waals surface area contributed by atoms with Crippen molar-refractivity contribution >= 4 is 34.7 Å². The first kappa shape index (κ1) is 26.1. The molecule has 2 unspecified atom stereocenters. The Morgan fingerprint density at radius 1 is 1.23 bits per heavy atom. The molecule has 2 amide bonds. The molecule has 2 saturated heterocycles. The normalized spacial score (nSPS) is 19.0. The van der Waals surface area contributed by atoms with Crippen molar-refractivity contribution in [2.24, 2.45) is 0 Å². The van der Waals surface area contributed by atoms with E-state index >= 15 is 0 Å². The van der Waals surface area contributed by atoms with Crippen molar-refractivity contribution in [1.29, 1.82) is 0 Å². The number of halogens is 3. The molecule has 0 saturated carbocycles. The molecule has 6 rings (SSSR count). The number of likely N-dealkylation sites (tertiary alicyclic amines) is 1. The predicted molar refractivity (Wildman–Crippen MR) is 141 cm³/mol. The van der Waals surface area contributed by atoms with Crippen LogP contribution in [0.15, 0.2) is 49.1 Å². The minimum Gasteiger partial charge on any atom is -0.434 e. The van der Waals surface area contributed by atoms with Crippen LogP contribution in [-0.2, 0) is 11.3 Å². The maximum atomic E-state index is 13.3. The Morgan fingerprint density at radius 3 is 2.75 bits per heavy atom. The van der Waals surface area contributed by atoms with Crippen LogP contribution in [0.3, 0.4) is 0 Å². The number of amides is 2. The van der Waals surface area contributed by atoms with Gasteiger partial charge in [0.2, 0.25) is 5.91 Å². The molecule has 2 fully saturated rings. The monoisotopic (exact) mass is 570 g/mol. The van der Waals surface area contributed by atoms with Crippen molar-refractivity contribution in [1.82, 2.24) is 34.2 Å².